The van der Waals surface area contributed by atoms with Gasteiger partial charge in [-0.2, -0.15) is 5.10 Å². The lowest BCUT2D eigenvalue weighted by Crippen LogP contribution is -2.36. The molecule has 0 radical (unpaired) electrons. The molecule has 0 aromatic carbocycles. The number of nitrogens with zero attached hydrogens (tertiary/aromatic N) is 3. The number of fused-ring (bicyclic) bond motifs is 1. The number of amides is 1. The number of aromatic amines is 1. The summed E-state index contributed by atoms with van der Waals surface area (Å²) in [5.41, 5.74) is 2.86. The number of H-pyrrole nitrogens is 1. The van der Waals surface area contributed by atoms with Crippen molar-refractivity contribution in [2.75, 3.05) is 39.3 Å². The molecule has 1 aromatic heterocycles. The van der Waals surface area contributed by atoms with Crippen LogP contribution in [0.1, 0.15) is 47.4 Å². The second-order valence-electron chi connectivity index (χ2n) is 7.22. The van der Waals surface area contributed by atoms with Gasteiger partial charge in [0.1, 0.15) is 0 Å². The number of halogens is 1. The largest absolute Gasteiger partial charge is 0.337 e. The van der Waals surface area contributed by atoms with Crippen LogP contribution in [0.5, 0.6) is 0 Å². The van der Waals surface area contributed by atoms with Gasteiger partial charge in [-0.25, -0.2) is 0 Å². The Bertz CT molecular complexity index is 569. The highest BCUT2D eigenvalue weighted by Crippen LogP contribution is 2.23. The molecule has 3 aliphatic heterocycles. The summed E-state index contributed by atoms with van der Waals surface area (Å²) in [5.74, 6) is 0.747. The van der Waals surface area contributed by atoms with Crippen molar-refractivity contribution in [2.45, 2.75) is 38.6 Å². The quantitative estimate of drug-likeness (QED) is 0.862. The van der Waals surface area contributed by atoms with Crippen molar-refractivity contribution < 1.29 is 4.79 Å². The first-order valence-electron chi connectivity index (χ1n) is 9.10. The summed E-state index contributed by atoms with van der Waals surface area (Å²) in [5, 5.41) is 10.7. The molecule has 0 saturated carbocycles. The summed E-state index contributed by atoms with van der Waals surface area (Å²) in [7, 11) is 0. The monoisotopic (exact) mass is 353 g/mol. The summed E-state index contributed by atoms with van der Waals surface area (Å²) in [6.45, 7) is 7.13. The van der Waals surface area contributed by atoms with E-state index in [1.807, 2.05) is 4.90 Å². The van der Waals surface area contributed by atoms with E-state index in [0.717, 1.165) is 56.8 Å². The Balaban J connectivity index is 0.00000169. The van der Waals surface area contributed by atoms with Crippen LogP contribution in [0.2, 0.25) is 0 Å². The first-order valence-corrected chi connectivity index (χ1v) is 9.10. The molecule has 1 atom stereocenters. The third-order valence-electron chi connectivity index (χ3n) is 5.55. The minimum atomic E-state index is 0. The molecule has 1 unspecified atom stereocenters. The normalized spacial score (nSPS) is 24.5. The van der Waals surface area contributed by atoms with E-state index in [9.17, 15) is 4.79 Å². The summed E-state index contributed by atoms with van der Waals surface area (Å²) in [6.07, 6.45) is 6.12. The summed E-state index contributed by atoms with van der Waals surface area (Å²) in [4.78, 5) is 17.4. The number of hydrogen-bond donors (Lipinski definition) is 2. The van der Waals surface area contributed by atoms with Gasteiger partial charge in [0.05, 0.1) is 0 Å². The molecule has 0 spiro atoms. The number of hydrogen-bond acceptors (Lipinski definition) is 4. The van der Waals surface area contributed by atoms with Crippen LogP contribution in [0.25, 0.3) is 0 Å². The molecule has 134 valence electrons. The number of carbonyl (C=O) groups excluding carboxylic acids is 1. The Morgan fingerprint density at radius 3 is 2.88 bits per heavy atom. The van der Waals surface area contributed by atoms with Crippen molar-refractivity contribution in [2.24, 2.45) is 5.92 Å². The zero-order valence-electron chi connectivity index (χ0n) is 14.2. The molecule has 24 heavy (non-hydrogen) atoms. The Morgan fingerprint density at radius 2 is 2.04 bits per heavy atom. The number of rotatable bonds is 3. The van der Waals surface area contributed by atoms with E-state index in [2.05, 4.69) is 20.4 Å². The molecule has 0 bridgehead atoms. The van der Waals surface area contributed by atoms with Crippen LogP contribution in [-0.4, -0.2) is 65.2 Å². The fourth-order valence-electron chi connectivity index (χ4n) is 4.23. The van der Waals surface area contributed by atoms with Gasteiger partial charge in [0.2, 0.25) is 0 Å². The van der Waals surface area contributed by atoms with E-state index in [1.54, 1.807) is 0 Å². The molecule has 4 rings (SSSR count). The predicted octanol–water partition coefficient (Wildman–Crippen LogP) is 1.43. The molecule has 6 nitrogen and oxygen atoms in total. The molecule has 7 heteroatoms. The molecule has 0 aliphatic carbocycles. The molecular formula is C17H28ClN5O. The molecule has 2 saturated heterocycles. The van der Waals surface area contributed by atoms with E-state index in [0.29, 0.717) is 11.6 Å². The Morgan fingerprint density at radius 1 is 1.21 bits per heavy atom. The number of likely N-dealkylation sites (tertiary alicyclic amines) is 2. The lowest BCUT2D eigenvalue weighted by Gasteiger charge is -2.28. The highest BCUT2D eigenvalue weighted by molar-refractivity contribution is 5.94. The van der Waals surface area contributed by atoms with E-state index in [1.165, 1.54) is 32.4 Å². The van der Waals surface area contributed by atoms with Crippen molar-refractivity contribution >= 4 is 18.3 Å². The lowest BCUT2D eigenvalue weighted by atomic mass is 10.1. The highest BCUT2D eigenvalue weighted by Gasteiger charge is 2.31. The molecular weight excluding hydrogens is 326 g/mol. The number of piperidine rings is 1. The van der Waals surface area contributed by atoms with Gasteiger partial charge < -0.3 is 15.1 Å². The van der Waals surface area contributed by atoms with Crippen LogP contribution in [0, 0.1) is 5.92 Å². The maximum atomic E-state index is 12.8. The number of aromatic nitrogens is 2. The second-order valence-corrected chi connectivity index (χ2v) is 7.22. The van der Waals surface area contributed by atoms with Gasteiger partial charge in [-0.15, -0.1) is 12.4 Å². The maximum Gasteiger partial charge on any atom is 0.274 e. The summed E-state index contributed by atoms with van der Waals surface area (Å²) < 4.78 is 0. The van der Waals surface area contributed by atoms with Crippen molar-refractivity contribution in [3.05, 3.63) is 17.0 Å². The van der Waals surface area contributed by atoms with E-state index >= 15 is 0 Å². The van der Waals surface area contributed by atoms with Gasteiger partial charge in [-0.1, -0.05) is 6.42 Å². The smallest absolute Gasteiger partial charge is 0.274 e. The molecule has 1 aromatic rings. The molecule has 4 heterocycles. The van der Waals surface area contributed by atoms with E-state index in [4.69, 9.17) is 0 Å². The zero-order chi connectivity index (χ0) is 15.6. The Hall–Kier alpha value is -1.11. The SMILES string of the molecule is Cl.O=C(c1n[nH]c2c1CNCC2)N1CCC(CN2CCCCC2)C1. The van der Waals surface area contributed by atoms with E-state index in [-0.39, 0.29) is 18.3 Å². The summed E-state index contributed by atoms with van der Waals surface area (Å²) in [6, 6.07) is 0. The minimum Gasteiger partial charge on any atom is -0.337 e. The van der Waals surface area contributed by atoms with Crippen LogP contribution < -0.4 is 5.32 Å². The van der Waals surface area contributed by atoms with Crippen LogP contribution in [0.3, 0.4) is 0 Å². The van der Waals surface area contributed by atoms with Gasteiger partial charge >= 0.3 is 0 Å². The van der Waals surface area contributed by atoms with Crippen LogP contribution in [0.15, 0.2) is 0 Å². The number of carbonyl (C=O) groups is 1. The Kier molecular flexibility index (Phi) is 5.79. The van der Waals surface area contributed by atoms with Gasteiger partial charge in [0.25, 0.3) is 5.91 Å². The number of nitrogens with one attached hydrogen (secondary N) is 2. The van der Waals surface area contributed by atoms with Gasteiger partial charge in [-0.3, -0.25) is 9.89 Å². The van der Waals surface area contributed by atoms with Crippen LogP contribution in [0.4, 0.5) is 0 Å². The fraction of sp³-hybridized carbons (Fsp3) is 0.765. The summed E-state index contributed by atoms with van der Waals surface area (Å²) >= 11 is 0. The highest BCUT2D eigenvalue weighted by atomic mass is 35.5. The standard InChI is InChI=1S/C17H27N5O.ClH/c23-17(16-14-10-18-6-4-15(14)19-20-16)22-9-5-13(12-22)11-21-7-2-1-3-8-21;/h13,18H,1-12H2,(H,19,20);1H. The minimum absolute atomic E-state index is 0. The predicted molar refractivity (Wildman–Crippen MR) is 95.5 cm³/mol. The average molecular weight is 354 g/mol. The van der Waals surface area contributed by atoms with Gasteiger partial charge in [0.15, 0.2) is 5.69 Å². The molecule has 2 N–H and O–H groups in total. The Labute approximate surface area is 149 Å². The van der Waals surface area contributed by atoms with Gasteiger partial charge in [-0.05, 0) is 38.3 Å². The fourth-order valence-corrected chi connectivity index (χ4v) is 4.23. The lowest BCUT2D eigenvalue weighted by molar-refractivity contribution is 0.0775. The molecule has 3 aliphatic rings. The molecule has 2 fully saturated rings. The first kappa shape index (κ1) is 17.7. The van der Waals surface area contributed by atoms with Gasteiger partial charge in [0, 0.05) is 50.4 Å². The maximum absolute atomic E-state index is 12.8. The third kappa shape index (κ3) is 3.60. The van der Waals surface area contributed by atoms with Crippen molar-refractivity contribution in [3.63, 3.8) is 0 Å². The third-order valence-corrected chi connectivity index (χ3v) is 5.55. The van der Waals surface area contributed by atoms with Crippen molar-refractivity contribution in [1.29, 1.82) is 0 Å². The van der Waals surface area contributed by atoms with Crippen LogP contribution in [-0.2, 0) is 13.0 Å². The zero-order valence-corrected chi connectivity index (χ0v) is 15.0. The van der Waals surface area contributed by atoms with Crippen LogP contribution >= 0.6 is 12.4 Å². The van der Waals surface area contributed by atoms with Crippen molar-refractivity contribution in [1.82, 2.24) is 25.3 Å². The second kappa shape index (κ2) is 7.85. The average Bonchev–Trinajstić information content (AvgIpc) is 3.22. The first-order chi connectivity index (χ1) is 11.3. The topological polar surface area (TPSA) is 64.3 Å². The molecule has 1 amide bonds. The van der Waals surface area contributed by atoms with E-state index < -0.39 is 0 Å². The van der Waals surface area contributed by atoms with Crippen molar-refractivity contribution in [3.8, 4) is 0 Å².